The first-order chi connectivity index (χ1) is 7.48. The SMILES string of the molecule is CC(C)(C)[C@H]1N=C(c2ccccc2)OC1=O. The molecule has 3 nitrogen and oxygen atoms in total. The largest absolute Gasteiger partial charge is 0.406 e. The van der Waals surface area contributed by atoms with Crippen molar-refractivity contribution in [2.45, 2.75) is 26.8 Å². The fourth-order valence-corrected chi connectivity index (χ4v) is 1.61. The first-order valence-electron chi connectivity index (χ1n) is 5.33. The summed E-state index contributed by atoms with van der Waals surface area (Å²) in [5, 5.41) is 0. The Balaban J connectivity index is 2.31. The number of nitrogens with zero attached hydrogens (tertiary/aromatic N) is 1. The maximum absolute atomic E-state index is 11.7. The number of esters is 1. The van der Waals surface area contributed by atoms with Crippen molar-refractivity contribution in [2.24, 2.45) is 10.4 Å². The normalized spacial score (nSPS) is 20.6. The molecule has 84 valence electrons. The molecule has 0 spiro atoms. The molecule has 1 aliphatic rings. The van der Waals surface area contributed by atoms with Crippen LogP contribution in [0.4, 0.5) is 0 Å². The van der Waals surface area contributed by atoms with E-state index in [0.717, 1.165) is 5.56 Å². The van der Waals surface area contributed by atoms with Gasteiger partial charge in [-0.15, -0.1) is 0 Å². The maximum atomic E-state index is 11.7. The van der Waals surface area contributed by atoms with E-state index in [-0.39, 0.29) is 11.4 Å². The molecule has 0 fully saturated rings. The third kappa shape index (κ3) is 1.98. The van der Waals surface area contributed by atoms with Gasteiger partial charge in [0.15, 0.2) is 6.04 Å². The zero-order valence-corrected chi connectivity index (χ0v) is 9.73. The molecule has 16 heavy (non-hydrogen) atoms. The number of hydrogen-bond acceptors (Lipinski definition) is 3. The first-order valence-corrected chi connectivity index (χ1v) is 5.33. The summed E-state index contributed by atoms with van der Waals surface area (Å²) in [4.78, 5) is 16.0. The highest BCUT2D eigenvalue weighted by molar-refractivity contribution is 6.06. The highest BCUT2D eigenvalue weighted by Crippen LogP contribution is 2.28. The fraction of sp³-hybridized carbons (Fsp3) is 0.385. The second-order valence-corrected chi connectivity index (χ2v) is 4.99. The van der Waals surface area contributed by atoms with E-state index in [4.69, 9.17) is 4.74 Å². The van der Waals surface area contributed by atoms with Gasteiger partial charge < -0.3 is 4.74 Å². The molecule has 1 aliphatic heterocycles. The van der Waals surface area contributed by atoms with E-state index in [1.54, 1.807) is 0 Å². The van der Waals surface area contributed by atoms with E-state index >= 15 is 0 Å². The molecule has 1 aromatic carbocycles. The summed E-state index contributed by atoms with van der Waals surface area (Å²) in [5.41, 5.74) is 0.649. The van der Waals surface area contributed by atoms with Crippen LogP contribution in [0, 0.1) is 5.41 Å². The van der Waals surface area contributed by atoms with Crippen LogP contribution in [-0.2, 0) is 9.53 Å². The number of carbonyl (C=O) groups is 1. The van der Waals surface area contributed by atoms with Gasteiger partial charge in [0.25, 0.3) is 0 Å². The minimum Gasteiger partial charge on any atom is -0.406 e. The third-order valence-corrected chi connectivity index (χ3v) is 2.51. The minimum absolute atomic E-state index is 0.201. The van der Waals surface area contributed by atoms with Crippen LogP contribution in [0.15, 0.2) is 35.3 Å². The maximum Gasteiger partial charge on any atom is 0.338 e. The summed E-state index contributed by atoms with van der Waals surface area (Å²) in [7, 11) is 0. The Bertz CT molecular complexity index is 429. The quantitative estimate of drug-likeness (QED) is 0.677. The molecular formula is C13H15NO2. The van der Waals surface area contributed by atoms with Crippen LogP contribution in [0.1, 0.15) is 26.3 Å². The summed E-state index contributed by atoms with van der Waals surface area (Å²) < 4.78 is 5.20. The van der Waals surface area contributed by atoms with E-state index in [1.165, 1.54) is 0 Å². The molecule has 2 rings (SSSR count). The van der Waals surface area contributed by atoms with E-state index in [0.29, 0.717) is 5.90 Å². The molecule has 0 aromatic heterocycles. The van der Waals surface area contributed by atoms with Crippen LogP contribution in [0.5, 0.6) is 0 Å². The van der Waals surface area contributed by atoms with E-state index in [9.17, 15) is 4.79 Å². The third-order valence-electron chi connectivity index (χ3n) is 2.51. The molecule has 0 radical (unpaired) electrons. The standard InChI is InChI=1S/C13H15NO2/c1-13(2,3)10-12(15)16-11(14-10)9-7-5-4-6-8-9/h4-8,10H,1-3H3/t10-/m0/s1. The van der Waals surface area contributed by atoms with Crippen molar-refractivity contribution in [1.82, 2.24) is 0 Å². The number of carbonyl (C=O) groups excluding carboxylic acids is 1. The van der Waals surface area contributed by atoms with Crippen molar-refractivity contribution in [3.8, 4) is 0 Å². The Morgan fingerprint density at radius 3 is 2.31 bits per heavy atom. The lowest BCUT2D eigenvalue weighted by Crippen LogP contribution is -2.30. The van der Waals surface area contributed by atoms with Crippen molar-refractivity contribution >= 4 is 11.9 Å². The van der Waals surface area contributed by atoms with E-state index in [1.807, 2.05) is 51.1 Å². The number of cyclic esters (lactones) is 1. The van der Waals surface area contributed by atoms with Gasteiger partial charge in [-0.05, 0) is 17.5 Å². The summed E-state index contributed by atoms with van der Waals surface area (Å²) in [6.45, 7) is 5.95. The van der Waals surface area contributed by atoms with Crippen molar-refractivity contribution in [2.75, 3.05) is 0 Å². The molecule has 1 atom stereocenters. The number of aliphatic imine (C=N–C) groups is 1. The fourth-order valence-electron chi connectivity index (χ4n) is 1.61. The van der Waals surface area contributed by atoms with Gasteiger partial charge in [0.1, 0.15) is 0 Å². The summed E-state index contributed by atoms with van der Waals surface area (Å²) in [6.07, 6.45) is 0. The minimum atomic E-state index is -0.400. The first kappa shape index (κ1) is 10.9. The Labute approximate surface area is 95.2 Å². The Kier molecular flexibility index (Phi) is 2.54. The van der Waals surface area contributed by atoms with Gasteiger partial charge in [0, 0.05) is 5.56 Å². The van der Waals surface area contributed by atoms with Gasteiger partial charge in [0.2, 0.25) is 5.90 Å². The number of ether oxygens (including phenoxy) is 1. The van der Waals surface area contributed by atoms with Crippen LogP contribution in [0.25, 0.3) is 0 Å². The van der Waals surface area contributed by atoms with Gasteiger partial charge in [0.05, 0.1) is 0 Å². The molecule has 3 heteroatoms. The zero-order valence-electron chi connectivity index (χ0n) is 9.73. The second kappa shape index (κ2) is 3.74. The topological polar surface area (TPSA) is 38.7 Å². The second-order valence-electron chi connectivity index (χ2n) is 4.99. The van der Waals surface area contributed by atoms with Gasteiger partial charge in [-0.1, -0.05) is 39.0 Å². The average molecular weight is 217 g/mol. The van der Waals surface area contributed by atoms with Crippen molar-refractivity contribution in [3.05, 3.63) is 35.9 Å². The molecule has 0 saturated heterocycles. The van der Waals surface area contributed by atoms with Crippen LogP contribution in [-0.4, -0.2) is 17.9 Å². The van der Waals surface area contributed by atoms with E-state index < -0.39 is 6.04 Å². The summed E-state index contributed by atoms with van der Waals surface area (Å²) in [6, 6.07) is 9.09. The molecule has 0 aliphatic carbocycles. The smallest absolute Gasteiger partial charge is 0.338 e. The number of hydrogen-bond donors (Lipinski definition) is 0. The Hall–Kier alpha value is -1.64. The molecule has 1 heterocycles. The highest BCUT2D eigenvalue weighted by Gasteiger charge is 2.38. The molecule has 0 bridgehead atoms. The van der Waals surface area contributed by atoms with Crippen molar-refractivity contribution in [1.29, 1.82) is 0 Å². The van der Waals surface area contributed by atoms with Crippen LogP contribution < -0.4 is 0 Å². The lowest BCUT2D eigenvalue weighted by atomic mass is 9.87. The van der Waals surface area contributed by atoms with Crippen molar-refractivity contribution in [3.63, 3.8) is 0 Å². The van der Waals surface area contributed by atoms with Gasteiger partial charge in [-0.2, -0.15) is 0 Å². The predicted molar refractivity (Wildman–Crippen MR) is 62.3 cm³/mol. The Morgan fingerprint density at radius 1 is 1.19 bits per heavy atom. The Morgan fingerprint density at radius 2 is 1.81 bits per heavy atom. The molecule has 0 saturated carbocycles. The van der Waals surface area contributed by atoms with Gasteiger partial charge >= 0.3 is 5.97 Å². The van der Waals surface area contributed by atoms with Crippen molar-refractivity contribution < 1.29 is 9.53 Å². The predicted octanol–water partition coefficient (Wildman–Crippen LogP) is 2.40. The lowest BCUT2D eigenvalue weighted by Gasteiger charge is -2.20. The van der Waals surface area contributed by atoms with E-state index in [2.05, 4.69) is 4.99 Å². The summed E-state index contributed by atoms with van der Waals surface area (Å²) >= 11 is 0. The number of benzene rings is 1. The molecule has 1 aromatic rings. The molecule has 0 amide bonds. The molecule has 0 N–H and O–H groups in total. The zero-order chi connectivity index (χ0) is 11.8. The monoisotopic (exact) mass is 217 g/mol. The van der Waals surface area contributed by atoms with Gasteiger partial charge in [-0.3, -0.25) is 0 Å². The summed E-state index contributed by atoms with van der Waals surface area (Å²) in [5.74, 6) is 0.178. The number of rotatable bonds is 1. The van der Waals surface area contributed by atoms with Crippen LogP contribution in [0.2, 0.25) is 0 Å². The molecule has 0 unspecified atom stereocenters. The molecular weight excluding hydrogens is 202 g/mol. The highest BCUT2D eigenvalue weighted by atomic mass is 16.6. The van der Waals surface area contributed by atoms with Crippen LogP contribution >= 0.6 is 0 Å². The lowest BCUT2D eigenvalue weighted by molar-refractivity contribution is -0.137. The van der Waals surface area contributed by atoms with Gasteiger partial charge in [-0.25, -0.2) is 9.79 Å². The van der Waals surface area contributed by atoms with Crippen LogP contribution in [0.3, 0.4) is 0 Å². The average Bonchev–Trinajstić information content (AvgIpc) is 2.61.